The van der Waals surface area contributed by atoms with Crippen LogP contribution in [0, 0.1) is 0 Å². The van der Waals surface area contributed by atoms with Crippen LogP contribution in [-0.2, 0) is 16.8 Å². The minimum Gasteiger partial charge on any atom is -0.302 e. The van der Waals surface area contributed by atoms with Gasteiger partial charge in [0.15, 0.2) is 0 Å². The summed E-state index contributed by atoms with van der Waals surface area (Å²) in [6.45, 7) is 0. The highest BCUT2D eigenvalue weighted by atomic mass is 16.2. The minimum atomic E-state index is -0.133. The van der Waals surface area contributed by atoms with E-state index < -0.39 is 0 Å². The number of nitrogens with zero attached hydrogens (tertiary/aromatic N) is 1. The number of carbonyl (C=O) groups excluding carboxylic acids is 1. The quantitative estimate of drug-likeness (QED) is 0.761. The van der Waals surface area contributed by atoms with Crippen LogP contribution < -0.4 is 4.90 Å². The van der Waals surface area contributed by atoms with Crippen LogP contribution in [0.25, 0.3) is 0 Å². The van der Waals surface area contributed by atoms with Gasteiger partial charge in [-0.05, 0) is 48.9 Å². The van der Waals surface area contributed by atoms with E-state index in [1.165, 1.54) is 24.0 Å². The summed E-state index contributed by atoms with van der Waals surface area (Å²) in [5.41, 5.74) is 3.71. The third-order valence-electron chi connectivity index (χ3n) is 5.25. The van der Waals surface area contributed by atoms with Crippen LogP contribution in [0.2, 0.25) is 0 Å². The number of aryl methyl sites for hydroxylation is 1. The maximum absolute atomic E-state index is 12.7. The Morgan fingerprint density at radius 2 is 1.59 bits per heavy atom. The summed E-state index contributed by atoms with van der Waals surface area (Å²) >= 11 is 0. The summed E-state index contributed by atoms with van der Waals surface area (Å²) in [5.74, 6) is 0.267. The van der Waals surface area contributed by atoms with Crippen molar-refractivity contribution in [3.05, 3.63) is 65.7 Å². The molecule has 2 nitrogen and oxygen atoms in total. The Morgan fingerprint density at radius 1 is 0.818 bits per heavy atom. The van der Waals surface area contributed by atoms with Crippen molar-refractivity contribution in [2.24, 2.45) is 0 Å². The molecule has 0 N–H and O–H groups in total. The van der Waals surface area contributed by atoms with E-state index in [0.717, 1.165) is 24.9 Å². The molecular weight excluding hydrogens is 270 g/mol. The summed E-state index contributed by atoms with van der Waals surface area (Å²) in [5, 5.41) is 0. The zero-order valence-corrected chi connectivity index (χ0v) is 12.8. The fourth-order valence-electron chi connectivity index (χ4n) is 4.30. The summed E-state index contributed by atoms with van der Waals surface area (Å²) in [4.78, 5) is 14.8. The smallest absolute Gasteiger partial charge is 0.227 e. The summed E-state index contributed by atoms with van der Waals surface area (Å²) in [6.07, 6.45) is 6.21. The highest BCUT2D eigenvalue weighted by molar-refractivity contribution is 5.97. The van der Waals surface area contributed by atoms with Crippen LogP contribution in [0.15, 0.2) is 54.6 Å². The lowest BCUT2D eigenvalue weighted by Gasteiger charge is -2.39. The number of rotatable bonds is 1. The molecule has 0 saturated carbocycles. The van der Waals surface area contributed by atoms with Gasteiger partial charge in [0, 0.05) is 12.1 Å². The number of benzene rings is 2. The van der Waals surface area contributed by atoms with Crippen molar-refractivity contribution < 1.29 is 4.79 Å². The number of anilines is 1. The van der Waals surface area contributed by atoms with E-state index in [1.807, 2.05) is 18.2 Å². The second-order valence-electron chi connectivity index (χ2n) is 6.46. The number of hydrogen-bond donors (Lipinski definition) is 0. The first-order valence-electron chi connectivity index (χ1n) is 8.28. The molecule has 2 heteroatoms. The molecule has 0 bridgehead atoms. The molecule has 1 aliphatic heterocycles. The highest BCUT2D eigenvalue weighted by Crippen LogP contribution is 2.48. The van der Waals surface area contributed by atoms with Crippen LogP contribution in [-0.4, -0.2) is 5.91 Å². The molecule has 112 valence electrons. The average Bonchev–Trinajstić information content (AvgIpc) is 2.78. The molecule has 1 saturated heterocycles. The van der Waals surface area contributed by atoms with E-state index in [2.05, 4.69) is 41.3 Å². The Hall–Kier alpha value is -2.09. The van der Waals surface area contributed by atoms with Gasteiger partial charge in [0.2, 0.25) is 5.91 Å². The first-order chi connectivity index (χ1) is 10.8. The van der Waals surface area contributed by atoms with Crippen molar-refractivity contribution in [1.29, 1.82) is 0 Å². The van der Waals surface area contributed by atoms with Crippen molar-refractivity contribution in [1.82, 2.24) is 0 Å². The van der Waals surface area contributed by atoms with Gasteiger partial charge in [-0.3, -0.25) is 4.79 Å². The van der Waals surface area contributed by atoms with Gasteiger partial charge in [-0.15, -0.1) is 0 Å². The van der Waals surface area contributed by atoms with Gasteiger partial charge in [-0.1, -0.05) is 48.9 Å². The molecule has 1 fully saturated rings. The first kappa shape index (κ1) is 13.6. The molecular formula is C20H21NO. The molecule has 2 aromatic carbocycles. The standard InChI is InChI=1S/C20H21NO/c22-19-13-15-20(21(19)17-10-2-1-3-11-17)14-7-6-9-16-8-4-5-12-18(16)20/h1-5,8,10-12H,6-7,9,13-15H2. The second-order valence-corrected chi connectivity index (χ2v) is 6.46. The lowest BCUT2D eigenvalue weighted by molar-refractivity contribution is -0.117. The molecule has 1 aliphatic carbocycles. The number of carbonyl (C=O) groups is 1. The SMILES string of the molecule is O=C1CCC2(CCCCc3ccccc32)N1c1ccccc1. The Balaban J connectivity index is 1.90. The molecule has 2 aliphatic rings. The molecule has 0 radical (unpaired) electrons. The third-order valence-corrected chi connectivity index (χ3v) is 5.25. The van der Waals surface area contributed by atoms with Gasteiger partial charge >= 0.3 is 0 Å². The number of fused-ring (bicyclic) bond motifs is 2. The Bertz CT molecular complexity index is 694. The molecule has 1 heterocycles. The van der Waals surface area contributed by atoms with Gasteiger partial charge in [-0.25, -0.2) is 0 Å². The molecule has 2 aromatic rings. The zero-order chi connectivity index (χ0) is 15.0. The molecule has 1 atom stereocenters. The van der Waals surface area contributed by atoms with E-state index in [1.54, 1.807) is 0 Å². The number of para-hydroxylation sites is 1. The predicted molar refractivity (Wildman–Crippen MR) is 88.8 cm³/mol. The van der Waals surface area contributed by atoms with Gasteiger partial charge in [0.25, 0.3) is 0 Å². The third kappa shape index (κ3) is 1.98. The van der Waals surface area contributed by atoms with Gasteiger partial charge in [0.05, 0.1) is 5.54 Å². The van der Waals surface area contributed by atoms with Crippen molar-refractivity contribution >= 4 is 11.6 Å². The molecule has 1 amide bonds. The maximum Gasteiger partial charge on any atom is 0.227 e. The summed E-state index contributed by atoms with van der Waals surface area (Å²) in [6, 6.07) is 18.9. The zero-order valence-electron chi connectivity index (χ0n) is 12.8. The monoisotopic (exact) mass is 291 g/mol. The van der Waals surface area contributed by atoms with Crippen LogP contribution in [0.1, 0.15) is 43.2 Å². The van der Waals surface area contributed by atoms with Crippen molar-refractivity contribution in [3.63, 3.8) is 0 Å². The predicted octanol–water partition coefficient (Wildman–Crippen LogP) is 4.44. The molecule has 4 rings (SSSR count). The van der Waals surface area contributed by atoms with Crippen molar-refractivity contribution in [2.75, 3.05) is 4.90 Å². The molecule has 1 unspecified atom stereocenters. The summed E-state index contributed by atoms with van der Waals surface area (Å²) in [7, 11) is 0. The van der Waals surface area contributed by atoms with Gasteiger partial charge in [-0.2, -0.15) is 0 Å². The van der Waals surface area contributed by atoms with Crippen molar-refractivity contribution in [3.8, 4) is 0 Å². The average molecular weight is 291 g/mol. The summed E-state index contributed by atoms with van der Waals surface area (Å²) < 4.78 is 0. The van der Waals surface area contributed by atoms with Crippen molar-refractivity contribution in [2.45, 2.75) is 44.1 Å². The minimum absolute atomic E-state index is 0.133. The number of amides is 1. The van der Waals surface area contributed by atoms with Crippen LogP contribution in [0.4, 0.5) is 5.69 Å². The molecule has 1 spiro atoms. The van der Waals surface area contributed by atoms with E-state index in [0.29, 0.717) is 6.42 Å². The van der Waals surface area contributed by atoms with Gasteiger partial charge in [0.1, 0.15) is 0 Å². The van der Waals surface area contributed by atoms with E-state index in [-0.39, 0.29) is 11.4 Å². The topological polar surface area (TPSA) is 20.3 Å². The number of hydrogen-bond acceptors (Lipinski definition) is 1. The largest absolute Gasteiger partial charge is 0.302 e. The highest BCUT2D eigenvalue weighted by Gasteiger charge is 2.48. The molecule has 22 heavy (non-hydrogen) atoms. The maximum atomic E-state index is 12.7. The van der Waals surface area contributed by atoms with E-state index >= 15 is 0 Å². The lowest BCUT2D eigenvalue weighted by atomic mass is 9.82. The molecule has 0 aromatic heterocycles. The normalized spacial score (nSPS) is 24.4. The lowest BCUT2D eigenvalue weighted by Crippen LogP contribution is -2.43. The van der Waals surface area contributed by atoms with E-state index in [4.69, 9.17) is 0 Å². The fraction of sp³-hybridized carbons (Fsp3) is 0.350. The van der Waals surface area contributed by atoms with Crippen LogP contribution >= 0.6 is 0 Å². The van der Waals surface area contributed by atoms with Crippen LogP contribution in [0.5, 0.6) is 0 Å². The van der Waals surface area contributed by atoms with Gasteiger partial charge < -0.3 is 4.90 Å². The first-order valence-corrected chi connectivity index (χ1v) is 8.28. The Kier molecular flexibility index (Phi) is 3.25. The van der Waals surface area contributed by atoms with Crippen LogP contribution in [0.3, 0.4) is 0 Å². The fourth-order valence-corrected chi connectivity index (χ4v) is 4.30. The Morgan fingerprint density at radius 3 is 2.45 bits per heavy atom. The second kappa shape index (κ2) is 5.28. The Labute approximate surface area is 131 Å². The van der Waals surface area contributed by atoms with E-state index in [9.17, 15) is 4.79 Å².